The van der Waals surface area contributed by atoms with Crippen molar-refractivity contribution in [1.82, 2.24) is 19.7 Å². The van der Waals surface area contributed by atoms with E-state index in [0.717, 1.165) is 5.69 Å². The SMILES string of the molecule is [2H]C(=O)c1ccc(CN2CCN(CC(=O)O)CCN(CC(=O)O)CC2)nc1. The molecule has 2 rings (SSSR count). The zero-order valence-corrected chi connectivity index (χ0v) is 14.5. The van der Waals surface area contributed by atoms with E-state index in [9.17, 15) is 14.4 Å². The minimum Gasteiger partial charge on any atom is -0.480 e. The number of aromatic nitrogens is 1. The molecular formula is C17H24N4O5. The van der Waals surface area contributed by atoms with Crippen LogP contribution in [-0.4, -0.2) is 100 Å². The molecule has 1 aromatic rings. The molecular weight excluding hydrogens is 340 g/mol. The van der Waals surface area contributed by atoms with Gasteiger partial charge in [0.05, 0.1) is 18.8 Å². The second kappa shape index (κ2) is 9.95. The first kappa shape index (κ1) is 18.4. The normalized spacial score (nSPS) is 18.4. The summed E-state index contributed by atoms with van der Waals surface area (Å²) < 4.78 is 7.08. The van der Waals surface area contributed by atoms with Crippen LogP contribution in [0.15, 0.2) is 18.3 Å². The van der Waals surface area contributed by atoms with Gasteiger partial charge in [-0.05, 0) is 12.1 Å². The third kappa shape index (κ3) is 6.87. The summed E-state index contributed by atoms with van der Waals surface area (Å²) in [5.41, 5.74) is 0.956. The fraction of sp³-hybridized carbons (Fsp3) is 0.529. The maximum Gasteiger partial charge on any atom is 0.317 e. The summed E-state index contributed by atoms with van der Waals surface area (Å²) in [6, 6.07) is 3.25. The topological polar surface area (TPSA) is 114 Å². The molecule has 0 aliphatic carbocycles. The third-order valence-corrected chi connectivity index (χ3v) is 4.24. The van der Waals surface area contributed by atoms with Crippen LogP contribution in [0.5, 0.6) is 0 Å². The van der Waals surface area contributed by atoms with Gasteiger partial charge in [-0.1, -0.05) is 0 Å². The molecule has 9 nitrogen and oxygen atoms in total. The molecule has 1 saturated heterocycles. The summed E-state index contributed by atoms with van der Waals surface area (Å²) in [4.78, 5) is 43.0. The van der Waals surface area contributed by atoms with Crippen LogP contribution in [0.2, 0.25) is 0 Å². The minimum atomic E-state index is -0.914. The first-order valence-corrected chi connectivity index (χ1v) is 8.40. The zero-order valence-electron chi connectivity index (χ0n) is 15.5. The van der Waals surface area contributed by atoms with Gasteiger partial charge in [0.15, 0.2) is 6.26 Å². The number of aliphatic carboxylic acids is 2. The van der Waals surface area contributed by atoms with Crippen molar-refractivity contribution in [2.24, 2.45) is 0 Å². The summed E-state index contributed by atoms with van der Waals surface area (Å²) in [7, 11) is 0. The summed E-state index contributed by atoms with van der Waals surface area (Å²) in [6.45, 7) is 3.64. The Kier molecular flexibility index (Phi) is 7.05. The first-order valence-electron chi connectivity index (χ1n) is 8.90. The Morgan fingerprint density at radius 1 is 1.00 bits per heavy atom. The fourth-order valence-corrected chi connectivity index (χ4v) is 2.85. The predicted molar refractivity (Wildman–Crippen MR) is 93.1 cm³/mol. The van der Waals surface area contributed by atoms with Crippen LogP contribution in [-0.2, 0) is 16.1 Å². The molecule has 1 aromatic heterocycles. The number of nitrogens with zero attached hydrogens (tertiary/aromatic N) is 4. The van der Waals surface area contributed by atoms with Crippen LogP contribution in [0, 0.1) is 0 Å². The molecule has 26 heavy (non-hydrogen) atoms. The molecule has 0 atom stereocenters. The summed E-state index contributed by atoms with van der Waals surface area (Å²) in [5, 5.41) is 18.1. The van der Waals surface area contributed by atoms with Crippen molar-refractivity contribution in [3.8, 4) is 0 Å². The molecule has 1 aliphatic heterocycles. The number of carboxylic acid groups (broad SMARTS) is 2. The maximum atomic E-state index is 11.1. The molecule has 0 radical (unpaired) electrons. The number of carboxylic acids is 2. The van der Waals surface area contributed by atoms with Gasteiger partial charge in [0.1, 0.15) is 1.37 Å². The Bertz CT molecular complexity index is 642. The van der Waals surface area contributed by atoms with E-state index in [0.29, 0.717) is 45.8 Å². The Morgan fingerprint density at radius 3 is 1.88 bits per heavy atom. The van der Waals surface area contributed by atoms with Crippen molar-refractivity contribution in [2.75, 3.05) is 52.4 Å². The lowest BCUT2D eigenvalue weighted by Gasteiger charge is -2.24. The largest absolute Gasteiger partial charge is 0.480 e. The fourth-order valence-electron chi connectivity index (χ4n) is 2.85. The lowest BCUT2D eigenvalue weighted by Crippen LogP contribution is -2.40. The Hall–Kier alpha value is -2.36. The average molecular weight is 365 g/mol. The van der Waals surface area contributed by atoms with Gasteiger partial charge in [0, 0.05) is 57.6 Å². The predicted octanol–water partition coefficient (Wildman–Crippen LogP) is -0.517. The maximum absolute atomic E-state index is 11.1. The molecule has 1 aliphatic rings. The number of carbonyl (C=O) groups is 3. The number of carbonyl (C=O) groups excluding carboxylic acids is 1. The van der Waals surface area contributed by atoms with E-state index >= 15 is 0 Å². The van der Waals surface area contributed by atoms with E-state index < -0.39 is 18.2 Å². The number of rotatable bonds is 7. The highest BCUT2D eigenvalue weighted by atomic mass is 16.4. The van der Waals surface area contributed by atoms with Crippen molar-refractivity contribution < 1.29 is 26.0 Å². The van der Waals surface area contributed by atoms with E-state index in [1.165, 1.54) is 6.20 Å². The number of hydrogen-bond donors (Lipinski definition) is 2. The van der Waals surface area contributed by atoms with Crippen molar-refractivity contribution >= 4 is 18.2 Å². The number of pyridine rings is 1. The molecule has 0 unspecified atom stereocenters. The molecule has 142 valence electrons. The average Bonchev–Trinajstić information content (AvgIpc) is 2.68. The molecule has 0 bridgehead atoms. The van der Waals surface area contributed by atoms with Crippen LogP contribution in [0.4, 0.5) is 0 Å². The first-order chi connectivity index (χ1) is 12.8. The Labute approximate surface area is 153 Å². The van der Waals surface area contributed by atoms with Crippen molar-refractivity contribution in [3.63, 3.8) is 0 Å². The van der Waals surface area contributed by atoms with Gasteiger partial charge in [-0.2, -0.15) is 0 Å². The van der Waals surface area contributed by atoms with Crippen LogP contribution < -0.4 is 0 Å². The van der Waals surface area contributed by atoms with Crippen LogP contribution >= 0.6 is 0 Å². The molecule has 0 saturated carbocycles. The molecule has 9 heteroatoms. The van der Waals surface area contributed by atoms with Gasteiger partial charge in [-0.25, -0.2) is 0 Å². The zero-order chi connectivity index (χ0) is 19.8. The van der Waals surface area contributed by atoms with Crippen LogP contribution in [0.1, 0.15) is 17.4 Å². The van der Waals surface area contributed by atoms with Crippen molar-refractivity contribution in [1.29, 1.82) is 0 Å². The summed E-state index contributed by atoms with van der Waals surface area (Å²) in [6.07, 6.45) is 0.583. The van der Waals surface area contributed by atoms with E-state index in [4.69, 9.17) is 11.6 Å². The van der Waals surface area contributed by atoms with Gasteiger partial charge in [0.25, 0.3) is 0 Å². The van der Waals surface area contributed by atoms with Gasteiger partial charge >= 0.3 is 11.9 Å². The van der Waals surface area contributed by atoms with E-state index in [2.05, 4.69) is 9.88 Å². The smallest absolute Gasteiger partial charge is 0.317 e. The molecule has 2 heterocycles. The lowest BCUT2D eigenvalue weighted by molar-refractivity contribution is -0.140. The van der Waals surface area contributed by atoms with E-state index in [1.54, 1.807) is 21.9 Å². The van der Waals surface area contributed by atoms with E-state index in [-0.39, 0.29) is 18.7 Å². The van der Waals surface area contributed by atoms with Gasteiger partial charge in [-0.3, -0.25) is 34.1 Å². The minimum absolute atomic E-state index is 0.0900. The Balaban J connectivity index is 2.05. The van der Waals surface area contributed by atoms with Crippen LogP contribution in [0.3, 0.4) is 0 Å². The molecule has 0 spiro atoms. The highest BCUT2D eigenvalue weighted by Crippen LogP contribution is 2.06. The van der Waals surface area contributed by atoms with Crippen molar-refractivity contribution in [3.05, 3.63) is 29.6 Å². The second-order valence-electron chi connectivity index (χ2n) is 6.26. The number of aldehydes is 1. The second-order valence-corrected chi connectivity index (χ2v) is 6.26. The lowest BCUT2D eigenvalue weighted by atomic mass is 10.2. The summed E-state index contributed by atoms with van der Waals surface area (Å²) >= 11 is 0. The quantitative estimate of drug-likeness (QED) is 0.616. The molecule has 0 aromatic carbocycles. The molecule has 1 fully saturated rings. The number of hydrogen-bond acceptors (Lipinski definition) is 7. The Morgan fingerprint density at radius 2 is 1.50 bits per heavy atom. The molecule has 0 amide bonds. The van der Waals surface area contributed by atoms with Gasteiger partial charge in [0.2, 0.25) is 0 Å². The summed E-state index contributed by atoms with van der Waals surface area (Å²) in [5.74, 6) is -1.83. The van der Waals surface area contributed by atoms with Gasteiger partial charge < -0.3 is 10.2 Å². The highest BCUT2D eigenvalue weighted by molar-refractivity contribution is 5.73. The van der Waals surface area contributed by atoms with Crippen molar-refractivity contribution in [2.45, 2.75) is 6.54 Å². The van der Waals surface area contributed by atoms with Gasteiger partial charge in [-0.15, -0.1) is 0 Å². The highest BCUT2D eigenvalue weighted by Gasteiger charge is 2.19. The monoisotopic (exact) mass is 365 g/mol. The third-order valence-electron chi connectivity index (χ3n) is 4.24. The standard InChI is InChI=1S/C17H24N4O5/c22-13-14-1-2-15(18-9-14)10-19-3-5-20(11-16(23)24)7-8-21(6-4-19)12-17(25)26/h1-2,9,13H,3-8,10-12H2,(H,23,24)(H,25,26)/i13D. The van der Waals surface area contributed by atoms with E-state index in [1.807, 2.05) is 0 Å². The molecule has 2 N–H and O–H groups in total. The van der Waals surface area contributed by atoms with Crippen LogP contribution in [0.25, 0.3) is 0 Å².